The summed E-state index contributed by atoms with van der Waals surface area (Å²) < 4.78 is 5.22. The topological polar surface area (TPSA) is 91.9 Å². The van der Waals surface area contributed by atoms with Crippen molar-refractivity contribution in [2.45, 2.75) is 46.4 Å². The Hall–Kier alpha value is -1.93. The van der Waals surface area contributed by atoms with E-state index < -0.39 is 11.7 Å². The normalized spacial score (nSPS) is 11.5. The summed E-state index contributed by atoms with van der Waals surface area (Å²) in [6.45, 7) is 8.76. The summed E-state index contributed by atoms with van der Waals surface area (Å²) >= 11 is 1.62. The van der Waals surface area contributed by atoms with E-state index in [1.165, 1.54) is 4.88 Å². The summed E-state index contributed by atoms with van der Waals surface area (Å²) in [6.07, 6.45) is 1.18. The lowest BCUT2D eigenvalue weighted by molar-refractivity contribution is 0.0635. The number of ether oxygens (including phenoxy) is 1. The molecule has 0 unspecified atom stereocenters. The molecule has 22 heavy (non-hydrogen) atoms. The van der Waals surface area contributed by atoms with Gasteiger partial charge >= 0.3 is 6.09 Å². The third kappa shape index (κ3) is 4.81. The molecular formula is C14H21N5O2S. The van der Waals surface area contributed by atoms with E-state index >= 15 is 0 Å². The van der Waals surface area contributed by atoms with E-state index in [2.05, 4.69) is 25.8 Å². The van der Waals surface area contributed by atoms with Crippen LogP contribution < -0.4 is 10.6 Å². The zero-order valence-electron chi connectivity index (χ0n) is 13.2. The van der Waals surface area contributed by atoms with Crippen LogP contribution >= 0.6 is 11.3 Å². The minimum atomic E-state index is -0.535. The Kier molecular flexibility index (Phi) is 5.15. The number of carbonyl (C=O) groups is 1. The minimum absolute atomic E-state index is 0.503. The Balaban J connectivity index is 1.87. The van der Waals surface area contributed by atoms with Crippen molar-refractivity contribution in [3.05, 3.63) is 27.8 Å². The maximum atomic E-state index is 11.8. The second-order valence-electron chi connectivity index (χ2n) is 5.86. The molecule has 0 radical (unpaired) electrons. The van der Waals surface area contributed by atoms with Crippen molar-refractivity contribution in [2.75, 3.05) is 5.32 Å². The number of hydrogen-bond acceptors (Lipinski definition) is 6. The van der Waals surface area contributed by atoms with Crippen LogP contribution in [0.1, 0.15) is 36.9 Å². The van der Waals surface area contributed by atoms with E-state index in [0.717, 1.165) is 17.8 Å². The van der Waals surface area contributed by atoms with Gasteiger partial charge in [-0.2, -0.15) is 5.10 Å². The highest BCUT2D eigenvalue weighted by molar-refractivity contribution is 7.09. The van der Waals surface area contributed by atoms with E-state index in [0.29, 0.717) is 12.4 Å². The fourth-order valence-electron chi connectivity index (χ4n) is 1.77. The molecule has 0 aliphatic rings. The molecular weight excluding hydrogens is 302 g/mol. The Morgan fingerprint density at radius 3 is 2.82 bits per heavy atom. The summed E-state index contributed by atoms with van der Waals surface area (Å²) in [6, 6.07) is 0. The maximum absolute atomic E-state index is 11.8. The second kappa shape index (κ2) is 6.89. The molecule has 0 fully saturated rings. The van der Waals surface area contributed by atoms with Gasteiger partial charge in [0, 0.05) is 23.5 Å². The first-order chi connectivity index (χ1) is 10.3. The Morgan fingerprint density at radius 2 is 2.18 bits per heavy atom. The zero-order valence-corrected chi connectivity index (χ0v) is 14.0. The van der Waals surface area contributed by atoms with Crippen molar-refractivity contribution in [1.82, 2.24) is 20.5 Å². The summed E-state index contributed by atoms with van der Waals surface area (Å²) in [5.41, 5.74) is 3.20. The second-order valence-corrected chi connectivity index (χ2v) is 6.80. The molecule has 0 aliphatic carbocycles. The Bertz CT molecular complexity index is 629. The van der Waals surface area contributed by atoms with E-state index in [1.807, 2.05) is 33.2 Å². The largest absolute Gasteiger partial charge is 0.444 e. The molecule has 2 rings (SSSR count). The van der Waals surface area contributed by atoms with Crippen LogP contribution in [0.4, 0.5) is 10.6 Å². The van der Waals surface area contributed by atoms with Crippen LogP contribution in [0, 0.1) is 6.92 Å². The highest BCUT2D eigenvalue weighted by Crippen LogP contribution is 2.15. The molecule has 120 valence electrons. The highest BCUT2D eigenvalue weighted by atomic mass is 32.1. The first-order valence-corrected chi connectivity index (χ1v) is 7.85. The molecule has 0 saturated carbocycles. The van der Waals surface area contributed by atoms with Crippen molar-refractivity contribution in [2.24, 2.45) is 0 Å². The predicted octanol–water partition coefficient (Wildman–Crippen LogP) is 2.81. The number of nitrogens with zero attached hydrogens (tertiary/aromatic N) is 2. The number of aromatic amines is 1. The number of nitrogens with one attached hydrogen (secondary N) is 3. The number of anilines is 1. The molecule has 2 heterocycles. The monoisotopic (exact) mass is 323 g/mol. The van der Waals surface area contributed by atoms with Crippen molar-refractivity contribution in [3.8, 4) is 0 Å². The molecule has 0 aliphatic heterocycles. The number of rotatable bonds is 5. The molecule has 2 aromatic heterocycles. The predicted molar refractivity (Wildman–Crippen MR) is 85.8 cm³/mol. The van der Waals surface area contributed by atoms with Gasteiger partial charge < -0.3 is 10.1 Å². The number of thiazole rings is 1. The Morgan fingerprint density at radius 1 is 1.41 bits per heavy atom. The number of H-pyrrole nitrogens is 1. The molecule has 2 aromatic rings. The van der Waals surface area contributed by atoms with Crippen LogP contribution in [-0.2, 0) is 17.8 Å². The summed E-state index contributed by atoms with van der Waals surface area (Å²) in [7, 11) is 0. The van der Waals surface area contributed by atoms with Crippen LogP contribution in [0.15, 0.2) is 11.7 Å². The molecule has 0 aromatic carbocycles. The molecule has 0 atom stereocenters. The van der Waals surface area contributed by atoms with Gasteiger partial charge in [0.15, 0.2) is 0 Å². The molecule has 0 saturated heterocycles. The fraction of sp³-hybridized carbons (Fsp3) is 0.500. The van der Waals surface area contributed by atoms with E-state index in [1.54, 1.807) is 17.5 Å². The van der Waals surface area contributed by atoms with Crippen molar-refractivity contribution in [1.29, 1.82) is 0 Å². The van der Waals surface area contributed by atoms with Gasteiger partial charge in [-0.05, 0) is 27.7 Å². The van der Waals surface area contributed by atoms with Crippen LogP contribution in [0.25, 0.3) is 0 Å². The summed E-state index contributed by atoms with van der Waals surface area (Å²) in [5.74, 6) is 0.544. The summed E-state index contributed by atoms with van der Waals surface area (Å²) in [5, 5.41) is 12.7. The van der Waals surface area contributed by atoms with Crippen molar-refractivity contribution in [3.63, 3.8) is 0 Å². The lowest BCUT2D eigenvalue weighted by Crippen LogP contribution is -2.27. The molecule has 0 spiro atoms. The van der Waals surface area contributed by atoms with Gasteiger partial charge in [-0.15, -0.1) is 11.3 Å². The number of hydrogen-bond donors (Lipinski definition) is 3. The van der Waals surface area contributed by atoms with E-state index in [-0.39, 0.29) is 0 Å². The molecule has 3 N–H and O–H groups in total. The van der Waals surface area contributed by atoms with Gasteiger partial charge in [-0.3, -0.25) is 10.4 Å². The third-order valence-corrected chi connectivity index (χ3v) is 3.72. The maximum Gasteiger partial charge on any atom is 0.413 e. The fourth-order valence-corrected chi connectivity index (χ4v) is 2.51. The van der Waals surface area contributed by atoms with Crippen LogP contribution in [0.3, 0.4) is 0 Å². The molecule has 1 amide bonds. The number of carbonyl (C=O) groups excluding carboxylic acids is 1. The Labute approximate surface area is 133 Å². The SMILES string of the molecule is Cc1ncsc1CNCc1cn[nH]c1NC(=O)OC(C)(C)C. The smallest absolute Gasteiger partial charge is 0.413 e. The average Bonchev–Trinajstić information content (AvgIpc) is 2.98. The van der Waals surface area contributed by atoms with Crippen LogP contribution in [0.5, 0.6) is 0 Å². The third-order valence-electron chi connectivity index (χ3n) is 2.79. The average molecular weight is 323 g/mol. The lowest BCUT2D eigenvalue weighted by atomic mass is 10.2. The van der Waals surface area contributed by atoms with Crippen LogP contribution in [0.2, 0.25) is 0 Å². The van der Waals surface area contributed by atoms with Crippen molar-refractivity contribution >= 4 is 23.2 Å². The molecule has 8 heteroatoms. The van der Waals surface area contributed by atoms with Gasteiger partial charge in [0.2, 0.25) is 0 Å². The standard InChI is InChI=1S/C14H21N5O2S/c1-9-11(22-8-16-9)7-15-5-10-6-17-19-12(10)18-13(20)21-14(2,3)4/h6,8,15H,5,7H2,1-4H3,(H2,17,18,19,20). The van der Waals surface area contributed by atoms with E-state index in [9.17, 15) is 4.79 Å². The van der Waals surface area contributed by atoms with Gasteiger partial charge in [-0.1, -0.05) is 0 Å². The van der Waals surface area contributed by atoms with Gasteiger partial charge in [0.1, 0.15) is 11.4 Å². The van der Waals surface area contributed by atoms with Gasteiger partial charge in [0.05, 0.1) is 17.4 Å². The van der Waals surface area contributed by atoms with Gasteiger partial charge in [-0.25, -0.2) is 9.78 Å². The first kappa shape index (κ1) is 16.4. The molecule has 0 bridgehead atoms. The quantitative estimate of drug-likeness (QED) is 0.787. The minimum Gasteiger partial charge on any atom is -0.444 e. The first-order valence-electron chi connectivity index (χ1n) is 6.97. The number of aromatic nitrogens is 3. The van der Waals surface area contributed by atoms with Crippen molar-refractivity contribution < 1.29 is 9.53 Å². The lowest BCUT2D eigenvalue weighted by Gasteiger charge is -2.19. The van der Waals surface area contributed by atoms with Gasteiger partial charge in [0.25, 0.3) is 0 Å². The number of aryl methyl sites for hydroxylation is 1. The molecule has 7 nitrogen and oxygen atoms in total. The van der Waals surface area contributed by atoms with Crippen LogP contribution in [-0.4, -0.2) is 26.9 Å². The highest BCUT2D eigenvalue weighted by Gasteiger charge is 2.17. The summed E-state index contributed by atoms with van der Waals surface area (Å²) in [4.78, 5) is 17.2. The van der Waals surface area contributed by atoms with E-state index in [4.69, 9.17) is 4.74 Å². The zero-order chi connectivity index (χ0) is 16.2. The number of amides is 1.